The molecule has 2 aromatic rings. The van der Waals surface area contributed by atoms with Crippen molar-refractivity contribution in [3.63, 3.8) is 0 Å². The highest BCUT2D eigenvalue weighted by molar-refractivity contribution is 6.09. The van der Waals surface area contributed by atoms with Gasteiger partial charge in [-0.15, -0.1) is 0 Å². The van der Waals surface area contributed by atoms with Crippen molar-refractivity contribution in [3.05, 3.63) is 64.7 Å². The number of carbonyl (C=O) groups excluding carboxylic acids is 4. The molecule has 2 aromatic carbocycles. The summed E-state index contributed by atoms with van der Waals surface area (Å²) in [4.78, 5) is 52.7. The van der Waals surface area contributed by atoms with Crippen LogP contribution in [-0.4, -0.2) is 80.0 Å². The molecule has 44 heavy (non-hydrogen) atoms. The summed E-state index contributed by atoms with van der Waals surface area (Å²) in [6, 6.07) is 11.0. The molecule has 0 aromatic heterocycles. The normalized spacial score (nSPS) is 38.0. The number of carbonyl (C=O) groups is 4. The van der Waals surface area contributed by atoms with Crippen LogP contribution in [0, 0.1) is 34.5 Å². The molecule has 2 unspecified atom stereocenters. The number of esters is 1. The number of methoxy groups -OCH3 is 1. The first-order valence-corrected chi connectivity index (χ1v) is 14.6. The molecule has 7 N–H and O–H groups in total. The Labute approximate surface area is 254 Å². The van der Waals surface area contributed by atoms with Crippen LogP contribution in [0.1, 0.15) is 65.5 Å². The number of rotatable bonds is 5. The lowest BCUT2D eigenvalue weighted by Gasteiger charge is -2.69. The molecule has 236 valence electrons. The number of Topliss-reactive ketones (excluding diaryl/α,β-unsaturated/α-hetero) is 2. The number of benzene rings is 2. The first-order chi connectivity index (χ1) is 20.5. The van der Waals surface area contributed by atoms with Gasteiger partial charge in [0, 0.05) is 10.8 Å². The van der Waals surface area contributed by atoms with E-state index >= 15 is 0 Å². The Kier molecular flexibility index (Phi) is 7.56. The molecule has 0 saturated heterocycles. The molecule has 2 saturated carbocycles. The van der Waals surface area contributed by atoms with Gasteiger partial charge in [0.15, 0.2) is 17.2 Å². The third-order valence-corrected chi connectivity index (χ3v) is 11.0. The second-order valence-electron chi connectivity index (χ2n) is 13.3. The maximum Gasteiger partial charge on any atom is 0.337 e. The lowest BCUT2D eigenvalue weighted by atomic mass is 9.36. The third-order valence-electron chi connectivity index (χ3n) is 11.0. The van der Waals surface area contributed by atoms with Gasteiger partial charge >= 0.3 is 5.97 Å². The van der Waals surface area contributed by atoms with Crippen molar-refractivity contribution in [1.29, 1.82) is 0 Å². The van der Waals surface area contributed by atoms with E-state index in [0.29, 0.717) is 16.7 Å². The number of aliphatic hydroxyl groups is 4. The molecule has 0 heterocycles. The van der Waals surface area contributed by atoms with Crippen LogP contribution >= 0.6 is 0 Å². The number of ether oxygens (including phenoxy) is 1. The number of ketones is 2. The minimum absolute atomic E-state index is 0.111. The average molecular weight is 610 g/mol. The molecular weight excluding hydrogens is 570 g/mol. The van der Waals surface area contributed by atoms with Crippen LogP contribution < -0.4 is 5.73 Å². The van der Waals surface area contributed by atoms with Gasteiger partial charge in [-0.2, -0.15) is 0 Å². The van der Waals surface area contributed by atoms with Crippen molar-refractivity contribution < 1.29 is 49.4 Å². The smallest absolute Gasteiger partial charge is 0.337 e. The zero-order valence-electron chi connectivity index (χ0n) is 25.2. The molecule has 3 aliphatic rings. The van der Waals surface area contributed by atoms with Crippen LogP contribution in [0.25, 0.3) is 0 Å². The summed E-state index contributed by atoms with van der Waals surface area (Å²) in [5.74, 6) is -10.1. The average Bonchev–Trinajstić information content (AvgIpc) is 2.96. The van der Waals surface area contributed by atoms with Crippen LogP contribution in [-0.2, 0) is 20.7 Å². The van der Waals surface area contributed by atoms with Crippen LogP contribution in [0.4, 0.5) is 0 Å². The molecule has 0 radical (unpaired) electrons. The molecule has 0 aliphatic heterocycles. The first kappa shape index (κ1) is 31.8. The van der Waals surface area contributed by atoms with Crippen molar-refractivity contribution in [1.82, 2.24) is 0 Å². The highest BCUT2D eigenvalue weighted by atomic mass is 16.5. The minimum atomic E-state index is -2.87. The predicted molar refractivity (Wildman–Crippen MR) is 155 cm³/mol. The second-order valence-corrected chi connectivity index (χ2v) is 13.3. The predicted octanol–water partition coefficient (Wildman–Crippen LogP) is 1.11. The molecule has 11 heteroatoms. The Balaban J connectivity index is 1.77. The van der Waals surface area contributed by atoms with Gasteiger partial charge in [-0.25, -0.2) is 4.79 Å². The Hall–Kier alpha value is -3.64. The van der Waals surface area contributed by atoms with E-state index in [1.807, 2.05) is 0 Å². The quantitative estimate of drug-likeness (QED) is 0.210. The SMILES string of the molecule is COC(=O)c1ccc(C[C@@H]2c3cccc(O)c3C(=O)[C@@H]3C(O)[C@@]4(O)C(=O)[C@H](C(N)=O)C(O)[C@H](C(C)C)[C@@]4(C)[C@H](O)[C@@]23C)cc1. The van der Waals surface area contributed by atoms with E-state index in [2.05, 4.69) is 0 Å². The fourth-order valence-corrected chi connectivity index (χ4v) is 9.01. The summed E-state index contributed by atoms with van der Waals surface area (Å²) in [6.07, 6.45) is -5.38. The van der Waals surface area contributed by atoms with Crippen LogP contribution in [0.5, 0.6) is 5.75 Å². The van der Waals surface area contributed by atoms with Crippen molar-refractivity contribution in [2.45, 2.75) is 63.9 Å². The van der Waals surface area contributed by atoms with Crippen LogP contribution in [0.3, 0.4) is 0 Å². The molecule has 1 amide bonds. The number of aromatic hydroxyl groups is 1. The molecule has 5 rings (SSSR count). The summed E-state index contributed by atoms with van der Waals surface area (Å²) in [5, 5.41) is 59.3. The molecular formula is C33H39NO10. The molecule has 3 aliphatic carbocycles. The van der Waals surface area contributed by atoms with E-state index in [1.54, 1.807) is 57.2 Å². The maximum atomic E-state index is 14.3. The summed E-state index contributed by atoms with van der Waals surface area (Å²) in [5.41, 5.74) is 0.395. The summed E-state index contributed by atoms with van der Waals surface area (Å²) in [6.45, 7) is 6.39. The number of phenolic OH excluding ortho intramolecular Hbond substituents is 1. The van der Waals surface area contributed by atoms with Gasteiger partial charge in [0.1, 0.15) is 17.8 Å². The fourth-order valence-electron chi connectivity index (χ4n) is 9.01. The van der Waals surface area contributed by atoms with Gasteiger partial charge < -0.3 is 36.0 Å². The van der Waals surface area contributed by atoms with E-state index in [9.17, 15) is 44.7 Å². The Morgan fingerprint density at radius 2 is 1.64 bits per heavy atom. The Morgan fingerprint density at radius 1 is 1.02 bits per heavy atom. The largest absolute Gasteiger partial charge is 0.507 e. The van der Waals surface area contributed by atoms with E-state index in [-0.39, 0.29) is 17.7 Å². The van der Waals surface area contributed by atoms with Crippen LogP contribution in [0.2, 0.25) is 0 Å². The van der Waals surface area contributed by atoms with E-state index < -0.39 is 87.8 Å². The van der Waals surface area contributed by atoms with E-state index in [4.69, 9.17) is 10.5 Å². The van der Waals surface area contributed by atoms with E-state index in [1.165, 1.54) is 20.1 Å². The number of hydrogen-bond acceptors (Lipinski definition) is 10. The van der Waals surface area contributed by atoms with Gasteiger partial charge in [-0.1, -0.05) is 52.0 Å². The van der Waals surface area contributed by atoms with Crippen molar-refractivity contribution in [2.24, 2.45) is 40.2 Å². The zero-order chi connectivity index (χ0) is 32.7. The lowest BCUT2D eigenvalue weighted by Crippen LogP contribution is -2.83. The number of hydrogen-bond donors (Lipinski definition) is 6. The lowest BCUT2D eigenvalue weighted by molar-refractivity contribution is -0.307. The van der Waals surface area contributed by atoms with Gasteiger partial charge in [0.25, 0.3) is 0 Å². The summed E-state index contributed by atoms with van der Waals surface area (Å²) < 4.78 is 4.78. The number of fused-ring (bicyclic) bond motifs is 3. The number of primary amides is 1. The number of phenols is 1. The topological polar surface area (TPSA) is 205 Å². The van der Waals surface area contributed by atoms with Crippen molar-refractivity contribution in [3.8, 4) is 5.75 Å². The summed E-state index contributed by atoms with van der Waals surface area (Å²) in [7, 11) is 1.26. The highest BCUT2D eigenvalue weighted by Gasteiger charge is 2.80. The minimum Gasteiger partial charge on any atom is -0.507 e. The van der Waals surface area contributed by atoms with Crippen LogP contribution in [0.15, 0.2) is 42.5 Å². The van der Waals surface area contributed by atoms with Crippen molar-refractivity contribution >= 4 is 23.4 Å². The Bertz CT molecular complexity index is 1540. The molecule has 2 fully saturated rings. The van der Waals surface area contributed by atoms with E-state index in [0.717, 1.165) is 0 Å². The van der Waals surface area contributed by atoms with Gasteiger partial charge in [-0.05, 0) is 53.5 Å². The maximum absolute atomic E-state index is 14.3. The molecule has 0 spiro atoms. The van der Waals surface area contributed by atoms with Gasteiger partial charge in [0.2, 0.25) is 5.91 Å². The molecule has 0 bridgehead atoms. The van der Waals surface area contributed by atoms with Crippen molar-refractivity contribution in [2.75, 3.05) is 7.11 Å². The molecule has 10 atom stereocenters. The second kappa shape index (κ2) is 10.5. The van der Waals surface area contributed by atoms with Gasteiger partial charge in [0.05, 0.1) is 36.4 Å². The first-order valence-electron chi connectivity index (χ1n) is 14.6. The fraction of sp³-hybridized carbons (Fsp3) is 0.515. The summed E-state index contributed by atoms with van der Waals surface area (Å²) >= 11 is 0. The monoisotopic (exact) mass is 609 g/mol. The zero-order valence-corrected chi connectivity index (χ0v) is 25.2. The highest BCUT2D eigenvalue weighted by Crippen LogP contribution is 2.68. The van der Waals surface area contributed by atoms with Gasteiger partial charge in [-0.3, -0.25) is 14.4 Å². The standard InChI is InChI=1S/C33H39NO10/c1-14(2)22-25(37)21(28(34)40)26(38)33(43)27(39)23-24(36)20-17(7-6-8-19(20)35)18(31(23,3)30(42)32(22,33)4)13-15-9-11-16(12-10-15)29(41)44-5/h6-12,14,18,21-23,25,27,30,35,37,39,42-43H,13H2,1-5H3,(H2,34,40)/t18-,21-,22+,23-,25?,27?,30-,31+,32+,33+/m1/s1. The third kappa shape index (κ3) is 3.89. The number of aliphatic hydroxyl groups excluding tert-OH is 3. The number of amides is 1. The Morgan fingerprint density at radius 3 is 2.18 bits per heavy atom. The molecule has 11 nitrogen and oxygen atoms in total. The number of nitrogens with two attached hydrogens (primary N) is 1.